The number of aromatic nitrogens is 1. The number of pyridine rings is 1. The number of halogens is 1. The van der Waals surface area contributed by atoms with E-state index in [4.69, 9.17) is 11.6 Å². The molecule has 0 bridgehead atoms. The van der Waals surface area contributed by atoms with E-state index in [2.05, 4.69) is 16.0 Å². The number of rotatable bonds is 1. The molecule has 0 unspecified atom stereocenters. The molecule has 1 aromatic rings. The summed E-state index contributed by atoms with van der Waals surface area (Å²) in [5.74, 6) is 0.812. The van der Waals surface area contributed by atoms with Crippen LogP contribution in [-0.2, 0) is 0 Å². The summed E-state index contributed by atoms with van der Waals surface area (Å²) in [7, 11) is 0. The van der Waals surface area contributed by atoms with Crippen LogP contribution in [0.5, 0.6) is 0 Å². The lowest BCUT2D eigenvalue weighted by molar-refractivity contribution is 0.572. The molecule has 0 aromatic carbocycles. The van der Waals surface area contributed by atoms with E-state index in [0.29, 0.717) is 10.6 Å². The van der Waals surface area contributed by atoms with Crippen molar-refractivity contribution in [3.8, 4) is 6.07 Å². The van der Waals surface area contributed by atoms with Gasteiger partial charge in [0.05, 0.1) is 16.3 Å². The van der Waals surface area contributed by atoms with Crippen LogP contribution in [0, 0.1) is 25.2 Å². The molecular formula is C13H16ClN3. The molecule has 1 aliphatic rings. The third kappa shape index (κ3) is 2.23. The Hall–Kier alpha value is -1.27. The molecule has 90 valence electrons. The lowest BCUT2D eigenvalue weighted by atomic mass is 10.1. The largest absolute Gasteiger partial charge is 0.356 e. The van der Waals surface area contributed by atoms with Gasteiger partial charge in [0.2, 0.25) is 0 Å². The average molecular weight is 250 g/mol. The highest BCUT2D eigenvalue weighted by Gasteiger charge is 2.20. The molecule has 0 spiro atoms. The molecule has 1 fully saturated rings. The van der Waals surface area contributed by atoms with E-state index in [1.807, 2.05) is 13.8 Å². The van der Waals surface area contributed by atoms with Crippen molar-refractivity contribution in [3.05, 3.63) is 21.8 Å². The Kier molecular flexibility index (Phi) is 3.54. The summed E-state index contributed by atoms with van der Waals surface area (Å²) < 4.78 is 0. The Morgan fingerprint density at radius 3 is 2.47 bits per heavy atom. The summed E-state index contributed by atoms with van der Waals surface area (Å²) in [6, 6.07) is 2.24. The molecule has 0 radical (unpaired) electrons. The topological polar surface area (TPSA) is 39.9 Å². The first-order valence-corrected chi connectivity index (χ1v) is 6.34. The second-order valence-corrected chi connectivity index (χ2v) is 4.87. The number of hydrogen-bond donors (Lipinski definition) is 0. The highest BCUT2D eigenvalue weighted by molar-refractivity contribution is 6.32. The van der Waals surface area contributed by atoms with Gasteiger partial charge in [0.15, 0.2) is 0 Å². The number of anilines is 1. The third-order valence-corrected chi connectivity index (χ3v) is 3.84. The fourth-order valence-electron chi connectivity index (χ4n) is 2.28. The van der Waals surface area contributed by atoms with Crippen LogP contribution in [0.2, 0.25) is 5.02 Å². The molecule has 1 saturated heterocycles. The molecule has 2 rings (SSSR count). The second kappa shape index (κ2) is 4.93. The molecule has 4 heteroatoms. The van der Waals surface area contributed by atoms with Gasteiger partial charge >= 0.3 is 0 Å². The van der Waals surface area contributed by atoms with Gasteiger partial charge in [-0.2, -0.15) is 5.26 Å². The molecule has 0 amide bonds. The third-order valence-electron chi connectivity index (χ3n) is 3.29. The summed E-state index contributed by atoms with van der Waals surface area (Å²) in [4.78, 5) is 6.71. The Morgan fingerprint density at radius 2 is 1.88 bits per heavy atom. The molecule has 17 heavy (non-hydrogen) atoms. The minimum Gasteiger partial charge on any atom is -0.356 e. The predicted molar refractivity (Wildman–Crippen MR) is 69.5 cm³/mol. The lowest BCUT2D eigenvalue weighted by Crippen LogP contribution is -2.31. The van der Waals surface area contributed by atoms with Crippen LogP contribution in [0.15, 0.2) is 0 Å². The summed E-state index contributed by atoms with van der Waals surface area (Å²) in [5, 5.41) is 9.88. The number of nitriles is 1. The van der Waals surface area contributed by atoms with Gasteiger partial charge in [-0.25, -0.2) is 4.98 Å². The number of hydrogen-bond acceptors (Lipinski definition) is 3. The summed E-state index contributed by atoms with van der Waals surface area (Å²) >= 11 is 6.14. The Morgan fingerprint density at radius 1 is 1.24 bits per heavy atom. The predicted octanol–water partition coefficient (Wildman–Crippen LogP) is 3.21. The van der Waals surface area contributed by atoms with Gasteiger partial charge in [0, 0.05) is 13.1 Å². The number of piperidine rings is 1. The summed E-state index contributed by atoms with van der Waals surface area (Å²) in [6.45, 7) is 5.76. The summed E-state index contributed by atoms with van der Waals surface area (Å²) in [6.07, 6.45) is 3.62. The zero-order valence-electron chi connectivity index (χ0n) is 10.3. The maximum Gasteiger partial charge on any atom is 0.147 e. The van der Waals surface area contributed by atoms with Crippen molar-refractivity contribution in [1.82, 2.24) is 4.98 Å². The highest BCUT2D eigenvalue weighted by atomic mass is 35.5. The van der Waals surface area contributed by atoms with E-state index >= 15 is 0 Å². The van der Waals surface area contributed by atoms with Crippen LogP contribution in [0.3, 0.4) is 0 Å². The van der Waals surface area contributed by atoms with Gasteiger partial charge in [-0.05, 0) is 38.7 Å². The maximum absolute atomic E-state index is 9.27. The van der Waals surface area contributed by atoms with E-state index in [9.17, 15) is 5.26 Å². The molecule has 0 aliphatic carbocycles. The van der Waals surface area contributed by atoms with Gasteiger partial charge in [-0.15, -0.1) is 0 Å². The molecule has 0 saturated carbocycles. The van der Waals surface area contributed by atoms with Gasteiger partial charge in [-0.1, -0.05) is 11.6 Å². The number of aryl methyl sites for hydroxylation is 1. The first-order valence-electron chi connectivity index (χ1n) is 5.97. The van der Waals surface area contributed by atoms with Crippen LogP contribution in [0.25, 0.3) is 0 Å². The van der Waals surface area contributed by atoms with E-state index in [-0.39, 0.29) is 0 Å². The van der Waals surface area contributed by atoms with Crippen LogP contribution < -0.4 is 4.90 Å². The highest BCUT2D eigenvalue weighted by Crippen LogP contribution is 2.30. The van der Waals surface area contributed by atoms with E-state index in [1.165, 1.54) is 19.3 Å². The van der Waals surface area contributed by atoms with Crippen LogP contribution >= 0.6 is 11.6 Å². The number of nitrogens with zero attached hydrogens (tertiary/aromatic N) is 3. The summed E-state index contributed by atoms with van der Waals surface area (Å²) in [5.41, 5.74) is 2.29. The van der Waals surface area contributed by atoms with Crippen molar-refractivity contribution in [2.45, 2.75) is 33.1 Å². The van der Waals surface area contributed by atoms with Crippen molar-refractivity contribution < 1.29 is 0 Å². The minimum atomic E-state index is 0.613. The minimum absolute atomic E-state index is 0.613. The van der Waals surface area contributed by atoms with Gasteiger partial charge < -0.3 is 4.90 Å². The normalized spacial score (nSPS) is 15.8. The Labute approximate surface area is 107 Å². The lowest BCUT2D eigenvalue weighted by Gasteiger charge is -2.29. The maximum atomic E-state index is 9.27. The molecule has 1 aromatic heterocycles. The molecule has 0 atom stereocenters. The van der Waals surface area contributed by atoms with Crippen LogP contribution in [0.1, 0.15) is 36.1 Å². The van der Waals surface area contributed by atoms with Crippen molar-refractivity contribution in [2.24, 2.45) is 0 Å². The van der Waals surface area contributed by atoms with Gasteiger partial charge in [0.1, 0.15) is 11.9 Å². The van der Waals surface area contributed by atoms with E-state index in [0.717, 1.165) is 30.2 Å². The zero-order chi connectivity index (χ0) is 12.4. The van der Waals surface area contributed by atoms with Crippen LogP contribution in [0.4, 0.5) is 5.82 Å². The van der Waals surface area contributed by atoms with Gasteiger partial charge in [0.25, 0.3) is 0 Å². The van der Waals surface area contributed by atoms with Crippen molar-refractivity contribution in [3.63, 3.8) is 0 Å². The first kappa shape index (κ1) is 12.2. The fourth-order valence-corrected chi connectivity index (χ4v) is 2.42. The molecule has 3 nitrogen and oxygen atoms in total. The van der Waals surface area contributed by atoms with E-state index in [1.54, 1.807) is 0 Å². The van der Waals surface area contributed by atoms with Crippen molar-refractivity contribution >= 4 is 17.4 Å². The SMILES string of the molecule is Cc1nc(N2CCCCC2)c(C#N)c(C)c1Cl. The smallest absolute Gasteiger partial charge is 0.147 e. The average Bonchev–Trinajstić information content (AvgIpc) is 2.36. The second-order valence-electron chi connectivity index (χ2n) is 4.49. The fraction of sp³-hybridized carbons (Fsp3) is 0.538. The first-order chi connectivity index (χ1) is 8.15. The zero-order valence-corrected chi connectivity index (χ0v) is 11.0. The van der Waals surface area contributed by atoms with Crippen LogP contribution in [-0.4, -0.2) is 18.1 Å². The standard InChI is InChI=1S/C13H16ClN3/c1-9-11(8-15)13(16-10(2)12(9)14)17-6-4-3-5-7-17/h3-7H2,1-2H3. The van der Waals surface area contributed by atoms with E-state index < -0.39 is 0 Å². The molecular weight excluding hydrogens is 234 g/mol. The molecule has 1 aliphatic heterocycles. The molecule has 2 heterocycles. The van der Waals surface area contributed by atoms with Crippen molar-refractivity contribution in [1.29, 1.82) is 5.26 Å². The Balaban J connectivity index is 2.49. The molecule has 0 N–H and O–H groups in total. The van der Waals surface area contributed by atoms with Crippen molar-refractivity contribution in [2.75, 3.05) is 18.0 Å². The Bertz CT molecular complexity index is 471. The monoisotopic (exact) mass is 249 g/mol. The quantitative estimate of drug-likeness (QED) is 0.767. The van der Waals surface area contributed by atoms with Gasteiger partial charge in [-0.3, -0.25) is 0 Å².